The lowest BCUT2D eigenvalue weighted by Crippen LogP contribution is -2.14. The third-order valence-corrected chi connectivity index (χ3v) is 13.4. The van der Waals surface area contributed by atoms with Gasteiger partial charge in [-0.1, -0.05) is 190 Å². The summed E-state index contributed by atoms with van der Waals surface area (Å²) in [5, 5.41) is 5.00. The van der Waals surface area contributed by atoms with E-state index in [9.17, 15) is 0 Å². The van der Waals surface area contributed by atoms with Gasteiger partial charge in [0.2, 0.25) is 0 Å². The molecule has 2 nitrogen and oxygen atoms in total. The van der Waals surface area contributed by atoms with Crippen LogP contribution in [0.1, 0.15) is 25.0 Å². The summed E-state index contributed by atoms with van der Waals surface area (Å²) in [5.41, 5.74) is 19.3. The van der Waals surface area contributed by atoms with Crippen LogP contribution in [0.5, 0.6) is 0 Å². The van der Waals surface area contributed by atoms with Gasteiger partial charge in [0.25, 0.3) is 0 Å². The second-order valence-corrected chi connectivity index (χ2v) is 17.3. The molecule has 2 heteroatoms. The van der Waals surface area contributed by atoms with Gasteiger partial charge in [0.15, 0.2) is 0 Å². The van der Waals surface area contributed by atoms with Crippen molar-refractivity contribution in [2.24, 2.45) is 0 Å². The zero-order valence-corrected chi connectivity index (χ0v) is 35.3. The Kier molecular flexibility index (Phi) is 8.55. The average molecular weight is 805 g/mol. The Labute approximate surface area is 368 Å². The molecule has 298 valence electrons. The fraction of sp³-hybridized carbons (Fsp3) is 0.0492. The van der Waals surface area contributed by atoms with E-state index in [0.29, 0.717) is 0 Å². The first-order valence-electron chi connectivity index (χ1n) is 21.9. The van der Waals surface area contributed by atoms with Crippen LogP contribution in [-0.4, -0.2) is 4.57 Å². The number of hydrogen-bond donors (Lipinski definition) is 0. The molecule has 0 saturated carbocycles. The number of para-hydroxylation sites is 4. The molecular weight excluding hydrogens is 761 g/mol. The van der Waals surface area contributed by atoms with E-state index < -0.39 is 0 Å². The molecule has 1 aliphatic carbocycles. The smallest absolute Gasteiger partial charge is 0.0541 e. The van der Waals surface area contributed by atoms with E-state index in [2.05, 4.69) is 254 Å². The van der Waals surface area contributed by atoms with Gasteiger partial charge in [-0.3, -0.25) is 0 Å². The number of hydrogen-bond acceptors (Lipinski definition) is 1. The van der Waals surface area contributed by atoms with Crippen LogP contribution in [0.15, 0.2) is 231 Å². The quantitative estimate of drug-likeness (QED) is 0.156. The normalized spacial score (nSPS) is 12.7. The van der Waals surface area contributed by atoms with Crippen molar-refractivity contribution in [1.82, 2.24) is 4.57 Å². The molecule has 0 amide bonds. The molecule has 11 aromatic rings. The van der Waals surface area contributed by atoms with Crippen molar-refractivity contribution in [3.8, 4) is 50.2 Å². The van der Waals surface area contributed by atoms with Gasteiger partial charge in [-0.2, -0.15) is 0 Å². The molecule has 0 fully saturated rings. The molecule has 0 atom stereocenters. The summed E-state index contributed by atoms with van der Waals surface area (Å²) >= 11 is 0. The van der Waals surface area contributed by atoms with Crippen molar-refractivity contribution in [2.45, 2.75) is 19.3 Å². The molecule has 1 aromatic heterocycles. The average Bonchev–Trinajstić information content (AvgIpc) is 3.80. The molecule has 0 radical (unpaired) electrons. The maximum atomic E-state index is 2.45. The van der Waals surface area contributed by atoms with Crippen LogP contribution >= 0.6 is 0 Å². The Morgan fingerprint density at radius 3 is 1.73 bits per heavy atom. The third kappa shape index (κ3) is 5.94. The number of benzene rings is 10. The Hall–Kier alpha value is -7.94. The van der Waals surface area contributed by atoms with Crippen LogP contribution in [0.25, 0.3) is 82.8 Å². The highest BCUT2D eigenvalue weighted by atomic mass is 15.1. The molecular formula is C61H44N2. The predicted octanol–water partition coefficient (Wildman–Crippen LogP) is 16.7. The molecule has 0 bridgehead atoms. The Morgan fingerprint density at radius 1 is 0.365 bits per heavy atom. The van der Waals surface area contributed by atoms with Crippen molar-refractivity contribution in [1.29, 1.82) is 0 Å². The second kappa shape index (κ2) is 14.6. The van der Waals surface area contributed by atoms with Gasteiger partial charge in [-0.15, -0.1) is 0 Å². The number of rotatable bonds is 7. The molecule has 0 spiro atoms. The molecule has 10 aromatic carbocycles. The SMILES string of the molecule is CC1(C)c2ccccc2-c2c(-c3ccccc3N(c3ccc(-c4ccccc4-n4c5ccccc5c5ccccc54)cc3)c3cccc(-c4ccc5ccccc5c4)c3)cccc21. The maximum Gasteiger partial charge on any atom is 0.0541 e. The summed E-state index contributed by atoms with van der Waals surface area (Å²) in [6.07, 6.45) is 0. The topological polar surface area (TPSA) is 8.17 Å². The van der Waals surface area contributed by atoms with Crippen molar-refractivity contribution >= 4 is 49.6 Å². The lowest BCUT2D eigenvalue weighted by Gasteiger charge is -2.29. The Balaban J connectivity index is 1.04. The minimum atomic E-state index is -0.101. The van der Waals surface area contributed by atoms with E-state index in [1.165, 1.54) is 82.6 Å². The highest BCUT2D eigenvalue weighted by Gasteiger charge is 2.37. The van der Waals surface area contributed by atoms with E-state index in [4.69, 9.17) is 0 Å². The number of fused-ring (bicyclic) bond motifs is 7. The molecule has 0 aliphatic heterocycles. The molecule has 12 rings (SSSR count). The number of aromatic nitrogens is 1. The van der Waals surface area contributed by atoms with E-state index in [-0.39, 0.29) is 5.41 Å². The summed E-state index contributed by atoms with van der Waals surface area (Å²) < 4.78 is 2.42. The first-order valence-corrected chi connectivity index (χ1v) is 21.9. The molecule has 1 heterocycles. The molecule has 1 aliphatic rings. The monoisotopic (exact) mass is 804 g/mol. The zero-order chi connectivity index (χ0) is 42.1. The van der Waals surface area contributed by atoms with Crippen LogP contribution in [0.4, 0.5) is 17.1 Å². The molecule has 63 heavy (non-hydrogen) atoms. The zero-order valence-electron chi connectivity index (χ0n) is 35.3. The number of nitrogens with zero attached hydrogens (tertiary/aromatic N) is 2. The van der Waals surface area contributed by atoms with Gasteiger partial charge in [0.05, 0.1) is 22.4 Å². The lowest BCUT2D eigenvalue weighted by molar-refractivity contribution is 0.660. The van der Waals surface area contributed by atoms with Crippen molar-refractivity contribution < 1.29 is 0 Å². The fourth-order valence-electron chi connectivity index (χ4n) is 10.4. The summed E-state index contributed by atoms with van der Waals surface area (Å²) in [5.74, 6) is 0. The van der Waals surface area contributed by atoms with E-state index in [1.54, 1.807) is 0 Å². The molecule has 0 saturated heterocycles. The standard InChI is InChI=1S/C61H44N2/c1-61(2)54-27-10-5-25-53(54)60-52(26-16-28-55(60)61)51-24-9-12-30-57(51)62(47-20-15-19-44(40-47)45-34-33-41-17-3-4-18-43(41)39-45)46-37-35-42(36-38-46)48-21-6-11-29-56(48)63-58-31-13-7-22-49(58)50-23-8-14-32-59(50)63/h3-40H,1-2H3. The van der Waals surface area contributed by atoms with Crippen LogP contribution in [-0.2, 0) is 5.41 Å². The predicted molar refractivity (Wildman–Crippen MR) is 267 cm³/mol. The van der Waals surface area contributed by atoms with Crippen molar-refractivity contribution in [3.63, 3.8) is 0 Å². The molecule has 0 N–H and O–H groups in total. The number of anilines is 3. The highest BCUT2D eigenvalue weighted by Crippen LogP contribution is 2.54. The lowest BCUT2D eigenvalue weighted by atomic mass is 9.82. The fourth-order valence-corrected chi connectivity index (χ4v) is 10.4. The van der Waals surface area contributed by atoms with Crippen molar-refractivity contribution in [3.05, 3.63) is 242 Å². The summed E-state index contributed by atoms with van der Waals surface area (Å²) in [6.45, 7) is 4.72. The summed E-state index contributed by atoms with van der Waals surface area (Å²) in [6, 6.07) is 84.7. The third-order valence-electron chi connectivity index (χ3n) is 13.4. The molecule has 0 unspecified atom stereocenters. The van der Waals surface area contributed by atoms with E-state index in [0.717, 1.165) is 28.3 Å². The Morgan fingerprint density at radius 2 is 0.937 bits per heavy atom. The van der Waals surface area contributed by atoms with Gasteiger partial charge in [0.1, 0.15) is 0 Å². The summed E-state index contributed by atoms with van der Waals surface area (Å²) in [7, 11) is 0. The van der Waals surface area contributed by atoms with Crippen LogP contribution in [0, 0.1) is 0 Å². The highest BCUT2D eigenvalue weighted by molar-refractivity contribution is 6.10. The van der Waals surface area contributed by atoms with Gasteiger partial charge >= 0.3 is 0 Å². The first-order chi connectivity index (χ1) is 31.0. The van der Waals surface area contributed by atoms with Gasteiger partial charge in [0, 0.05) is 38.7 Å². The van der Waals surface area contributed by atoms with Crippen molar-refractivity contribution in [2.75, 3.05) is 4.90 Å². The van der Waals surface area contributed by atoms with Crippen LogP contribution in [0.3, 0.4) is 0 Å². The largest absolute Gasteiger partial charge is 0.310 e. The maximum absolute atomic E-state index is 2.45. The minimum absolute atomic E-state index is 0.101. The second-order valence-electron chi connectivity index (χ2n) is 17.3. The first kappa shape index (κ1) is 36.9. The summed E-state index contributed by atoms with van der Waals surface area (Å²) in [4.78, 5) is 2.45. The van der Waals surface area contributed by atoms with E-state index in [1.807, 2.05) is 0 Å². The minimum Gasteiger partial charge on any atom is -0.310 e. The van der Waals surface area contributed by atoms with Gasteiger partial charge in [-0.05, 0) is 110 Å². The van der Waals surface area contributed by atoms with Gasteiger partial charge < -0.3 is 9.47 Å². The van der Waals surface area contributed by atoms with Gasteiger partial charge in [-0.25, -0.2) is 0 Å². The van der Waals surface area contributed by atoms with E-state index >= 15 is 0 Å². The van der Waals surface area contributed by atoms with Crippen LogP contribution in [0.2, 0.25) is 0 Å². The van der Waals surface area contributed by atoms with Crippen LogP contribution < -0.4 is 4.90 Å². The Bertz CT molecular complexity index is 3500.